The molecule has 1 saturated heterocycles. The number of hydrogen-bond acceptors (Lipinski definition) is 4. The second kappa shape index (κ2) is 5.38. The summed E-state index contributed by atoms with van der Waals surface area (Å²) < 4.78 is 5.60. The van der Waals surface area contributed by atoms with Gasteiger partial charge in [-0.15, -0.1) is 0 Å². The van der Waals surface area contributed by atoms with Crippen LogP contribution in [0.25, 0.3) is 0 Å². The third-order valence-corrected chi connectivity index (χ3v) is 3.03. The molecule has 1 heterocycles. The summed E-state index contributed by atoms with van der Waals surface area (Å²) in [4.78, 5) is 2.30. The third kappa shape index (κ3) is 3.35. The van der Waals surface area contributed by atoms with Crippen molar-refractivity contribution < 1.29 is 9.84 Å². The number of nitrogen functional groups attached to an aromatic ring is 1. The molecule has 0 aromatic heterocycles. The molecule has 1 aliphatic heterocycles. The Balaban J connectivity index is 2.06. The number of phenolic OH excluding ortho intramolecular Hbond substituents is 1. The Morgan fingerprint density at radius 2 is 2.35 bits per heavy atom. The molecule has 4 nitrogen and oxygen atoms in total. The van der Waals surface area contributed by atoms with Crippen LogP contribution in [0, 0.1) is 0 Å². The predicted octanol–water partition coefficient (Wildman–Crippen LogP) is 1.59. The van der Waals surface area contributed by atoms with E-state index in [1.165, 1.54) is 0 Å². The molecule has 94 valence electrons. The Kier molecular flexibility index (Phi) is 3.86. The summed E-state index contributed by atoms with van der Waals surface area (Å²) >= 11 is 0. The maximum absolute atomic E-state index is 9.79. The Labute approximate surface area is 102 Å². The first-order valence-corrected chi connectivity index (χ1v) is 6.06. The number of aromatic hydroxyl groups is 1. The van der Waals surface area contributed by atoms with Gasteiger partial charge in [0.05, 0.1) is 6.10 Å². The van der Waals surface area contributed by atoms with E-state index in [0.29, 0.717) is 11.4 Å². The molecule has 1 aromatic rings. The van der Waals surface area contributed by atoms with Gasteiger partial charge in [-0.05, 0) is 31.5 Å². The number of phenols is 1. The second-order valence-electron chi connectivity index (χ2n) is 4.66. The summed E-state index contributed by atoms with van der Waals surface area (Å²) in [6.07, 6.45) is 1.29. The number of benzene rings is 1. The lowest BCUT2D eigenvalue weighted by Gasteiger charge is -2.22. The fourth-order valence-electron chi connectivity index (χ4n) is 2.20. The first-order chi connectivity index (χ1) is 8.15. The predicted molar refractivity (Wildman–Crippen MR) is 67.8 cm³/mol. The minimum atomic E-state index is 0.251. The zero-order valence-electron chi connectivity index (χ0n) is 10.2. The average molecular weight is 236 g/mol. The van der Waals surface area contributed by atoms with Crippen LogP contribution >= 0.6 is 0 Å². The van der Waals surface area contributed by atoms with Gasteiger partial charge in [-0.1, -0.05) is 0 Å². The van der Waals surface area contributed by atoms with Crippen molar-refractivity contribution in [3.63, 3.8) is 0 Å². The summed E-state index contributed by atoms with van der Waals surface area (Å²) in [7, 11) is 0. The summed E-state index contributed by atoms with van der Waals surface area (Å²) in [6, 6.07) is 5.21. The van der Waals surface area contributed by atoms with E-state index in [-0.39, 0.29) is 6.10 Å². The van der Waals surface area contributed by atoms with Crippen LogP contribution in [0.15, 0.2) is 18.2 Å². The lowest BCUT2D eigenvalue weighted by atomic mass is 10.1. The van der Waals surface area contributed by atoms with Crippen LogP contribution in [0.1, 0.15) is 18.9 Å². The SMILES string of the molecule is CC1CN(Cc2cc(N)ccc2O)CCCO1. The third-order valence-electron chi connectivity index (χ3n) is 3.03. The van der Waals surface area contributed by atoms with E-state index in [9.17, 15) is 5.11 Å². The molecule has 3 N–H and O–H groups in total. The number of nitrogens with two attached hydrogens (primary N) is 1. The molecule has 0 radical (unpaired) electrons. The topological polar surface area (TPSA) is 58.7 Å². The molecule has 0 amide bonds. The van der Waals surface area contributed by atoms with Gasteiger partial charge >= 0.3 is 0 Å². The number of anilines is 1. The lowest BCUT2D eigenvalue weighted by Crippen LogP contribution is -2.29. The van der Waals surface area contributed by atoms with Crippen LogP contribution in [0.2, 0.25) is 0 Å². The van der Waals surface area contributed by atoms with E-state index in [1.54, 1.807) is 12.1 Å². The maximum Gasteiger partial charge on any atom is 0.120 e. The summed E-state index contributed by atoms with van der Waals surface area (Å²) in [5.41, 5.74) is 7.32. The first kappa shape index (κ1) is 12.2. The van der Waals surface area contributed by atoms with Crippen molar-refractivity contribution >= 4 is 5.69 Å². The van der Waals surface area contributed by atoms with Crippen LogP contribution in [-0.4, -0.2) is 35.8 Å². The second-order valence-corrected chi connectivity index (χ2v) is 4.66. The van der Waals surface area contributed by atoms with Gasteiger partial charge in [-0.3, -0.25) is 4.90 Å². The summed E-state index contributed by atoms with van der Waals surface area (Å²) in [6.45, 7) is 5.52. The zero-order valence-corrected chi connectivity index (χ0v) is 10.2. The molecule has 17 heavy (non-hydrogen) atoms. The Morgan fingerprint density at radius 1 is 1.53 bits per heavy atom. The molecule has 0 aliphatic carbocycles. The van der Waals surface area contributed by atoms with Crippen molar-refractivity contribution in [2.24, 2.45) is 0 Å². The molecule has 1 fully saturated rings. The van der Waals surface area contributed by atoms with Crippen molar-refractivity contribution in [3.8, 4) is 5.75 Å². The molecule has 1 aliphatic rings. The van der Waals surface area contributed by atoms with Gasteiger partial charge < -0.3 is 15.6 Å². The van der Waals surface area contributed by atoms with Crippen LogP contribution in [0.3, 0.4) is 0 Å². The van der Waals surface area contributed by atoms with Gasteiger partial charge in [0, 0.05) is 37.5 Å². The van der Waals surface area contributed by atoms with Crippen molar-refractivity contribution in [2.45, 2.75) is 26.0 Å². The van der Waals surface area contributed by atoms with Crippen LogP contribution in [0.4, 0.5) is 5.69 Å². The molecule has 0 bridgehead atoms. The standard InChI is InChI=1S/C13H20N2O2/c1-10-8-15(5-2-6-17-10)9-11-7-12(14)3-4-13(11)16/h3-4,7,10,16H,2,5-6,8-9,14H2,1H3. The molecular formula is C13H20N2O2. The normalized spacial score (nSPS) is 22.3. The average Bonchev–Trinajstić information content (AvgIpc) is 2.48. The highest BCUT2D eigenvalue weighted by atomic mass is 16.5. The van der Waals surface area contributed by atoms with Gasteiger partial charge in [0.15, 0.2) is 0 Å². The molecule has 0 saturated carbocycles. The fourth-order valence-corrected chi connectivity index (χ4v) is 2.20. The van der Waals surface area contributed by atoms with E-state index < -0.39 is 0 Å². The summed E-state index contributed by atoms with van der Waals surface area (Å²) in [5, 5.41) is 9.79. The van der Waals surface area contributed by atoms with Gasteiger partial charge in [-0.25, -0.2) is 0 Å². The molecule has 2 rings (SSSR count). The Morgan fingerprint density at radius 3 is 3.18 bits per heavy atom. The number of rotatable bonds is 2. The number of nitrogens with zero attached hydrogens (tertiary/aromatic N) is 1. The molecule has 1 aromatic carbocycles. The van der Waals surface area contributed by atoms with Crippen molar-refractivity contribution in [3.05, 3.63) is 23.8 Å². The molecule has 0 spiro atoms. The molecule has 1 unspecified atom stereocenters. The molecule has 4 heteroatoms. The van der Waals surface area contributed by atoms with E-state index in [2.05, 4.69) is 11.8 Å². The van der Waals surface area contributed by atoms with E-state index in [0.717, 1.165) is 38.2 Å². The Hall–Kier alpha value is -1.26. The first-order valence-electron chi connectivity index (χ1n) is 6.06. The van der Waals surface area contributed by atoms with E-state index in [1.807, 2.05) is 6.07 Å². The monoisotopic (exact) mass is 236 g/mol. The molecule has 1 atom stereocenters. The van der Waals surface area contributed by atoms with Gasteiger partial charge in [0.1, 0.15) is 5.75 Å². The van der Waals surface area contributed by atoms with Crippen molar-refractivity contribution in [1.82, 2.24) is 4.90 Å². The zero-order chi connectivity index (χ0) is 12.3. The maximum atomic E-state index is 9.79. The number of hydrogen-bond donors (Lipinski definition) is 2. The highest BCUT2D eigenvalue weighted by Gasteiger charge is 2.16. The smallest absolute Gasteiger partial charge is 0.120 e. The van der Waals surface area contributed by atoms with Gasteiger partial charge in [0.25, 0.3) is 0 Å². The lowest BCUT2D eigenvalue weighted by molar-refractivity contribution is 0.0667. The highest BCUT2D eigenvalue weighted by molar-refractivity contribution is 5.47. The molecular weight excluding hydrogens is 216 g/mol. The number of ether oxygens (including phenoxy) is 1. The minimum absolute atomic E-state index is 0.251. The van der Waals surface area contributed by atoms with Crippen molar-refractivity contribution in [1.29, 1.82) is 0 Å². The van der Waals surface area contributed by atoms with Crippen LogP contribution in [0.5, 0.6) is 5.75 Å². The highest BCUT2D eigenvalue weighted by Crippen LogP contribution is 2.22. The van der Waals surface area contributed by atoms with Gasteiger partial charge in [0.2, 0.25) is 0 Å². The van der Waals surface area contributed by atoms with Crippen molar-refractivity contribution in [2.75, 3.05) is 25.4 Å². The van der Waals surface area contributed by atoms with E-state index >= 15 is 0 Å². The minimum Gasteiger partial charge on any atom is -0.508 e. The van der Waals surface area contributed by atoms with Crippen LogP contribution < -0.4 is 5.73 Å². The largest absolute Gasteiger partial charge is 0.508 e. The van der Waals surface area contributed by atoms with E-state index in [4.69, 9.17) is 10.5 Å². The summed E-state index contributed by atoms with van der Waals surface area (Å²) in [5.74, 6) is 0.317. The quantitative estimate of drug-likeness (QED) is 0.604. The van der Waals surface area contributed by atoms with Gasteiger partial charge in [-0.2, -0.15) is 0 Å². The fraction of sp³-hybridized carbons (Fsp3) is 0.538. The Bertz CT molecular complexity index is 382. The van der Waals surface area contributed by atoms with Crippen LogP contribution in [-0.2, 0) is 11.3 Å².